The summed E-state index contributed by atoms with van der Waals surface area (Å²) in [6.07, 6.45) is 4.25. The van der Waals surface area contributed by atoms with E-state index in [9.17, 15) is 4.79 Å². The van der Waals surface area contributed by atoms with Crippen LogP contribution in [-0.2, 0) is 7.05 Å². The Labute approximate surface area is 99.9 Å². The Hall–Kier alpha value is -2.10. The average Bonchev–Trinajstić information content (AvgIpc) is 2.76. The first-order valence-corrected chi connectivity index (χ1v) is 5.40. The number of imidazole rings is 1. The first-order chi connectivity index (χ1) is 8.20. The summed E-state index contributed by atoms with van der Waals surface area (Å²) < 4.78 is 7.65. The molecular weight excluding hydrogens is 216 g/mol. The molecule has 4 heteroatoms. The van der Waals surface area contributed by atoms with Crippen molar-refractivity contribution in [2.24, 2.45) is 7.05 Å². The minimum atomic E-state index is -0.156. The van der Waals surface area contributed by atoms with Crippen molar-refractivity contribution in [3.8, 4) is 5.75 Å². The predicted molar refractivity (Wildman–Crippen MR) is 64.1 cm³/mol. The lowest BCUT2D eigenvalue weighted by molar-refractivity contribution is 0.112. The molecule has 17 heavy (non-hydrogen) atoms. The Bertz CT molecular complexity index is 520. The van der Waals surface area contributed by atoms with E-state index in [4.69, 9.17) is 4.74 Å². The number of aldehydes is 1. The van der Waals surface area contributed by atoms with Crippen molar-refractivity contribution >= 4 is 6.29 Å². The van der Waals surface area contributed by atoms with Crippen LogP contribution in [-0.4, -0.2) is 15.8 Å². The molecule has 0 saturated carbocycles. The smallest absolute Gasteiger partial charge is 0.153 e. The second-order valence-corrected chi connectivity index (χ2v) is 3.85. The van der Waals surface area contributed by atoms with Crippen LogP contribution < -0.4 is 4.74 Å². The number of aromatic nitrogens is 2. The van der Waals surface area contributed by atoms with Crippen LogP contribution >= 0.6 is 0 Å². The molecule has 0 radical (unpaired) electrons. The molecule has 1 heterocycles. The molecule has 0 aliphatic rings. The summed E-state index contributed by atoms with van der Waals surface area (Å²) in [5, 5.41) is 0. The normalized spacial score (nSPS) is 12.1. The highest BCUT2D eigenvalue weighted by atomic mass is 16.5. The van der Waals surface area contributed by atoms with E-state index in [1.54, 1.807) is 24.4 Å². The molecule has 0 aliphatic carbocycles. The third kappa shape index (κ3) is 2.53. The molecule has 1 aromatic heterocycles. The van der Waals surface area contributed by atoms with Gasteiger partial charge in [0.25, 0.3) is 0 Å². The van der Waals surface area contributed by atoms with E-state index in [0.29, 0.717) is 11.3 Å². The van der Waals surface area contributed by atoms with Gasteiger partial charge in [-0.1, -0.05) is 12.1 Å². The number of carbonyl (C=O) groups is 1. The van der Waals surface area contributed by atoms with E-state index in [1.165, 1.54) is 0 Å². The summed E-state index contributed by atoms with van der Waals surface area (Å²) in [5.41, 5.74) is 0.606. The van der Waals surface area contributed by atoms with Crippen LogP contribution in [0, 0.1) is 0 Å². The first kappa shape index (κ1) is 11.4. The maximum absolute atomic E-state index is 10.7. The third-order valence-corrected chi connectivity index (χ3v) is 2.53. The van der Waals surface area contributed by atoms with Crippen molar-refractivity contribution in [3.05, 3.63) is 48.0 Å². The zero-order valence-electron chi connectivity index (χ0n) is 9.83. The zero-order chi connectivity index (χ0) is 12.3. The van der Waals surface area contributed by atoms with Gasteiger partial charge >= 0.3 is 0 Å². The lowest BCUT2D eigenvalue weighted by Gasteiger charge is -2.14. The van der Waals surface area contributed by atoms with E-state index < -0.39 is 0 Å². The SMILES string of the molecule is CC(Oc1cccc(C=O)c1)c1nccn1C. The number of benzene rings is 1. The molecule has 1 aromatic carbocycles. The van der Waals surface area contributed by atoms with E-state index in [0.717, 1.165) is 12.1 Å². The van der Waals surface area contributed by atoms with Gasteiger partial charge in [0.2, 0.25) is 0 Å². The van der Waals surface area contributed by atoms with Gasteiger partial charge in [-0.15, -0.1) is 0 Å². The molecule has 1 unspecified atom stereocenters. The van der Waals surface area contributed by atoms with Crippen molar-refractivity contribution in [3.63, 3.8) is 0 Å². The number of ether oxygens (including phenoxy) is 1. The number of hydrogen-bond acceptors (Lipinski definition) is 3. The molecule has 0 spiro atoms. The van der Waals surface area contributed by atoms with Gasteiger partial charge in [0.1, 0.15) is 17.9 Å². The van der Waals surface area contributed by atoms with Gasteiger partial charge in [-0.05, 0) is 19.1 Å². The Morgan fingerprint density at radius 3 is 2.94 bits per heavy atom. The maximum atomic E-state index is 10.7. The predicted octanol–water partition coefficient (Wildman–Crippen LogP) is 2.37. The fourth-order valence-corrected chi connectivity index (χ4v) is 1.69. The monoisotopic (exact) mass is 230 g/mol. The highest BCUT2D eigenvalue weighted by Crippen LogP contribution is 2.20. The number of carbonyl (C=O) groups excluding carboxylic acids is 1. The van der Waals surface area contributed by atoms with E-state index in [2.05, 4.69) is 4.98 Å². The van der Waals surface area contributed by atoms with Crippen LogP contribution in [0.15, 0.2) is 36.7 Å². The van der Waals surface area contributed by atoms with Crippen molar-refractivity contribution in [1.82, 2.24) is 9.55 Å². The second-order valence-electron chi connectivity index (χ2n) is 3.85. The molecule has 2 rings (SSSR count). The van der Waals surface area contributed by atoms with Gasteiger partial charge in [0, 0.05) is 25.0 Å². The topological polar surface area (TPSA) is 44.1 Å². The van der Waals surface area contributed by atoms with Gasteiger partial charge < -0.3 is 9.30 Å². The summed E-state index contributed by atoms with van der Waals surface area (Å²) in [4.78, 5) is 14.9. The molecule has 88 valence electrons. The number of nitrogens with zero attached hydrogens (tertiary/aromatic N) is 2. The molecule has 0 bridgehead atoms. The van der Waals surface area contributed by atoms with Crippen molar-refractivity contribution < 1.29 is 9.53 Å². The molecule has 0 N–H and O–H groups in total. The van der Waals surface area contributed by atoms with Crippen LogP contribution in [0.3, 0.4) is 0 Å². The van der Waals surface area contributed by atoms with Gasteiger partial charge in [0.05, 0.1) is 0 Å². The molecular formula is C13H14N2O2. The van der Waals surface area contributed by atoms with Crippen LogP contribution in [0.25, 0.3) is 0 Å². The van der Waals surface area contributed by atoms with Crippen molar-refractivity contribution in [2.45, 2.75) is 13.0 Å². The minimum absolute atomic E-state index is 0.156. The largest absolute Gasteiger partial charge is 0.483 e. The van der Waals surface area contributed by atoms with Crippen LogP contribution in [0.1, 0.15) is 29.2 Å². The summed E-state index contributed by atoms with van der Waals surface area (Å²) in [6.45, 7) is 1.93. The lowest BCUT2D eigenvalue weighted by Crippen LogP contribution is -2.09. The summed E-state index contributed by atoms with van der Waals surface area (Å²) in [6, 6.07) is 7.08. The molecule has 0 fully saturated rings. The molecule has 0 amide bonds. The highest BCUT2D eigenvalue weighted by molar-refractivity contribution is 5.75. The number of rotatable bonds is 4. The average molecular weight is 230 g/mol. The minimum Gasteiger partial charge on any atom is -0.483 e. The molecule has 2 aromatic rings. The Balaban J connectivity index is 2.15. The zero-order valence-corrected chi connectivity index (χ0v) is 9.83. The highest BCUT2D eigenvalue weighted by Gasteiger charge is 2.11. The fraction of sp³-hybridized carbons (Fsp3) is 0.231. The Morgan fingerprint density at radius 2 is 2.29 bits per heavy atom. The Morgan fingerprint density at radius 1 is 1.47 bits per heavy atom. The van der Waals surface area contributed by atoms with Crippen molar-refractivity contribution in [1.29, 1.82) is 0 Å². The summed E-state index contributed by atoms with van der Waals surface area (Å²) in [7, 11) is 1.92. The number of aryl methyl sites for hydroxylation is 1. The van der Waals surface area contributed by atoms with E-state index in [1.807, 2.05) is 30.8 Å². The van der Waals surface area contributed by atoms with Crippen molar-refractivity contribution in [2.75, 3.05) is 0 Å². The van der Waals surface area contributed by atoms with E-state index in [-0.39, 0.29) is 6.10 Å². The third-order valence-electron chi connectivity index (χ3n) is 2.53. The van der Waals surface area contributed by atoms with E-state index >= 15 is 0 Å². The van der Waals surface area contributed by atoms with Gasteiger partial charge in [-0.2, -0.15) is 0 Å². The van der Waals surface area contributed by atoms with Crippen LogP contribution in [0.5, 0.6) is 5.75 Å². The molecule has 4 nitrogen and oxygen atoms in total. The quantitative estimate of drug-likeness (QED) is 0.757. The fourth-order valence-electron chi connectivity index (χ4n) is 1.69. The van der Waals surface area contributed by atoms with Crippen LogP contribution in [0.4, 0.5) is 0 Å². The van der Waals surface area contributed by atoms with Gasteiger partial charge in [-0.3, -0.25) is 4.79 Å². The molecule has 0 aliphatic heterocycles. The Kier molecular flexibility index (Phi) is 3.23. The first-order valence-electron chi connectivity index (χ1n) is 5.40. The van der Waals surface area contributed by atoms with Crippen LogP contribution in [0.2, 0.25) is 0 Å². The molecule has 1 atom stereocenters. The second kappa shape index (κ2) is 4.82. The van der Waals surface area contributed by atoms with Gasteiger partial charge in [0.15, 0.2) is 6.10 Å². The molecule has 0 saturated heterocycles. The summed E-state index contributed by atoms with van der Waals surface area (Å²) in [5.74, 6) is 1.52. The standard InChI is InChI=1S/C13H14N2O2/c1-10(13-14-6-7-15(13)2)17-12-5-3-4-11(8-12)9-16/h3-10H,1-2H3. The maximum Gasteiger partial charge on any atom is 0.153 e. The lowest BCUT2D eigenvalue weighted by atomic mass is 10.2. The summed E-state index contributed by atoms with van der Waals surface area (Å²) >= 11 is 0. The van der Waals surface area contributed by atoms with Gasteiger partial charge in [-0.25, -0.2) is 4.98 Å². The number of hydrogen-bond donors (Lipinski definition) is 0.